The highest BCUT2D eigenvalue weighted by molar-refractivity contribution is 5.81. The minimum Gasteiger partial charge on any atom is -0.335 e. The third-order valence-electron chi connectivity index (χ3n) is 2.74. The standard InChI is InChI=1S/C13H21N3O/c1-4-12(14)13(17)16(10(2)3)9-11-6-5-7-15-8-11/h5-8,10,12H,4,9,14H2,1-3H3/t12-/m1/s1. The van der Waals surface area contributed by atoms with E-state index >= 15 is 0 Å². The molecule has 0 spiro atoms. The normalized spacial score (nSPS) is 12.5. The van der Waals surface area contributed by atoms with Crippen LogP contribution in [-0.2, 0) is 11.3 Å². The maximum absolute atomic E-state index is 12.1. The smallest absolute Gasteiger partial charge is 0.240 e. The zero-order valence-corrected chi connectivity index (χ0v) is 10.8. The monoisotopic (exact) mass is 235 g/mol. The number of hydrogen-bond acceptors (Lipinski definition) is 3. The van der Waals surface area contributed by atoms with Gasteiger partial charge in [-0.3, -0.25) is 9.78 Å². The van der Waals surface area contributed by atoms with Gasteiger partial charge in [0.2, 0.25) is 5.91 Å². The molecule has 1 heterocycles. The van der Waals surface area contributed by atoms with E-state index in [0.29, 0.717) is 13.0 Å². The van der Waals surface area contributed by atoms with Crippen molar-refractivity contribution in [1.82, 2.24) is 9.88 Å². The highest BCUT2D eigenvalue weighted by Crippen LogP contribution is 2.09. The Hall–Kier alpha value is -1.42. The van der Waals surface area contributed by atoms with Crippen molar-refractivity contribution in [2.45, 2.75) is 45.8 Å². The number of nitrogens with zero attached hydrogens (tertiary/aromatic N) is 2. The summed E-state index contributed by atoms with van der Waals surface area (Å²) < 4.78 is 0. The van der Waals surface area contributed by atoms with E-state index in [2.05, 4.69) is 4.98 Å². The van der Waals surface area contributed by atoms with Gasteiger partial charge in [0.25, 0.3) is 0 Å². The molecular weight excluding hydrogens is 214 g/mol. The van der Waals surface area contributed by atoms with Crippen molar-refractivity contribution in [2.24, 2.45) is 5.73 Å². The predicted octanol–water partition coefficient (Wildman–Crippen LogP) is 1.56. The summed E-state index contributed by atoms with van der Waals surface area (Å²) in [6, 6.07) is 3.57. The predicted molar refractivity (Wildman–Crippen MR) is 68.2 cm³/mol. The number of carbonyl (C=O) groups is 1. The molecule has 2 N–H and O–H groups in total. The molecule has 1 aromatic heterocycles. The topological polar surface area (TPSA) is 59.2 Å². The summed E-state index contributed by atoms with van der Waals surface area (Å²) in [4.78, 5) is 17.9. The molecule has 1 rings (SSSR count). The molecule has 0 aliphatic heterocycles. The molecule has 0 unspecified atom stereocenters. The highest BCUT2D eigenvalue weighted by atomic mass is 16.2. The van der Waals surface area contributed by atoms with Crippen molar-refractivity contribution in [3.63, 3.8) is 0 Å². The van der Waals surface area contributed by atoms with E-state index < -0.39 is 6.04 Å². The molecule has 17 heavy (non-hydrogen) atoms. The van der Waals surface area contributed by atoms with Crippen LogP contribution in [0.1, 0.15) is 32.8 Å². The van der Waals surface area contributed by atoms with E-state index in [9.17, 15) is 4.79 Å². The number of amides is 1. The molecule has 0 fully saturated rings. The summed E-state index contributed by atoms with van der Waals surface area (Å²) in [7, 11) is 0. The quantitative estimate of drug-likeness (QED) is 0.842. The van der Waals surface area contributed by atoms with E-state index in [1.54, 1.807) is 17.3 Å². The van der Waals surface area contributed by atoms with E-state index in [4.69, 9.17) is 5.73 Å². The van der Waals surface area contributed by atoms with Crippen LogP contribution in [0, 0.1) is 0 Å². The van der Waals surface area contributed by atoms with Gasteiger partial charge < -0.3 is 10.6 Å². The van der Waals surface area contributed by atoms with Crippen LogP contribution < -0.4 is 5.73 Å². The largest absolute Gasteiger partial charge is 0.335 e. The van der Waals surface area contributed by atoms with Gasteiger partial charge in [-0.15, -0.1) is 0 Å². The molecule has 1 atom stereocenters. The van der Waals surface area contributed by atoms with Gasteiger partial charge in [0.1, 0.15) is 0 Å². The minimum absolute atomic E-state index is 0.00588. The summed E-state index contributed by atoms with van der Waals surface area (Å²) >= 11 is 0. The fraction of sp³-hybridized carbons (Fsp3) is 0.538. The summed E-state index contributed by atoms with van der Waals surface area (Å²) in [6.45, 7) is 6.48. The van der Waals surface area contributed by atoms with Gasteiger partial charge in [-0.05, 0) is 31.9 Å². The highest BCUT2D eigenvalue weighted by Gasteiger charge is 2.22. The van der Waals surface area contributed by atoms with Gasteiger partial charge in [-0.25, -0.2) is 0 Å². The van der Waals surface area contributed by atoms with E-state index in [1.807, 2.05) is 32.9 Å². The lowest BCUT2D eigenvalue weighted by molar-refractivity contribution is -0.135. The fourth-order valence-electron chi connectivity index (χ4n) is 1.59. The lowest BCUT2D eigenvalue weighted by Crippen LogP contribution is -2.46. The van der Waals surface area contributed by atoms with Crippen LogP contribution in [0.15, 0.2) is 24.5 Å². The number of rotatable bonds is 5. The van der Waals surface area contributed by atoms with E-state index in [0.717, 1.165) is 5.56 Å². The summed E-state index contributed by atoms with van der Waals surface area (Å²) in [5.74, 6) is 0.00588. The molecule has 94 valence electrons. The van der Waals surface area contributed by atoms with Crippen molar-refractivity contribution in [1.29, 1.82) is 0 Å². The number of aromatic nitrogens is 1. The fourth-order valence-corrected chi connectivity index (χ4v) is 1.59. The number of pyridine rings is 1. The van der Waals surface area contributed by atoms with Crippen molar-refractivity contribution in [3.05, 3.63) is 30.1 Å². The molecule has 0 aliphatic rings. The van der Waals surface area contributed by atoms with Crippen LogP contribution in [0.2, 0.25) is 0 Å². The third kappa shape index (κ3) is 3.82. The minimum atomic E-state index is -0.408. The van der Waals surface area contributed by atoms with Crippen LogP contribution in [0.4, 0.5) is 0 Å². The second-order valence-electron chi connectivity index (χ2n) is 4.44. The number of nitrogens with two attached hydrogens (primary N) is 1. The third-order valence-corrected chi connectivity index (χ3v) is 2.74. The van der Waals surface area contributed by atoms with Crippen LogP contribution >= 0.6 is 0 Å². The molecule has 4 heteroatoms. The Labute approximate surface area is 103 Å². The number of carbonyl (C=O) groups excluding carboxylic acids is 1. The average Bonchev–Trinajstić information content (AvgIpc) is 2.35. The van der Waals surface area contributed by atoms with E-state index in [-0.39, 0.29) is 11.9 Å². The first-order valence-electron chi connectivity index (χ1n) is 6.01. The van der Waals surface area contributed by atoms with Crippen molar-refractivity contribution < 1.29 is 4.79 Å². The summed E-state index contributed by atoms with van der Waals surface area (Å²) in [5, 5.41) is 0. The molecule has 0 aliphatic carbocycles. The van der Waals surface area contributed by atoms with E-state index in [1.165, 1.54) is 0 Å². The Balaban J connectivity index is 2.77. The second-order valence-corrected chi connectivity index (χ2v) is 4.44. The first kappa shape index (κ1) is 13.6. The molecule has 0 bridgehead atoms. The summed E-state index contributed by atoms with van der Waals surface area (Å²) in [5.41, 5.74) is 6.83. The van der Waals surface area contributed by atoms with Crippen LogP contribution in [0.3, 0.4) is 0 Å². The molecular formula is C13H21N3O. The molecule has 0 saturated heterocycles. The zero-order chi connectivity index (χ0) is 12.8. The van der Waals surface area contributed by atoms with Gasteiger partial charge in [0.15, 0.2) is 0 Å². The molecule has 1 aromatic rings. The average molecular weight is 235 g/mol. The van der Waals surface area contributed by atoms with Gasteiger partial charge in [-0.2, -0.15) is 0 Å². The molecule has 1 amide bonds. The Morgan fingerprint density at radius 1 is 1.53 bits per heavy atom. The van der Waals surface area contributed by atoms with Gasteiger partial charge in [0, 0.05) is 25.0 Å². The second kappa shape index (κ2) is 6.35. The lowest BCUT2D eigenvalue weighted by atomic mass is 10.1. The van der Waals surface area contributed by atoms with Crippen molar-refractivity contribution in [2.75, 3.05) is 0 Å². The maximum Gasteiger partial charge on any atom is 0.240 e. The molecule has 0 aromatic carbocycles. The first-order valence-corrected chi connectivity index (χ1v) is 6.01. The van der Waals surface area contributed by atoms with Gasteiger partial charge in [-0.1, -0.05) is 13.0 Å². The Morgan fingerprint density at radius 2 is 2.24 bits per heavy atom. The maximum atomic E-state index is 12.1. The van der Waals surface area contributed by atoms with Crippen LogP contribution in [-0.4, -0.2) is 27.9 Å². The molecule has 0 radical (unpaired) electrons. The first-order chi connectivity index (χ1) is 8.06. The Kier molecular flexibility index (Phi) is 5.10. The van der Waals surface area contributed by atoms with Gasteiger partial charge >= 0.3 is 0 Å². The Morgan fingerprint density at radius 3 is 2.71 bits per heavy atom. The zero-order valence-electron chi connectivity index (χ0n) is 10.8. The Bertz CT molecular complexity index is 351. The van der Waals surface area contributed by atoms with Crippen molar-refractivity contribution >= 4 is 5.91 Å². The summed E-state index contributed by atoms with van der Waals surface area (Å²) in [6.07, 6.45) is 4.16. The lowest BCUT2D eigenvalue weighted by Gasteiger charge is -2.29. The molecule has 4 nitrogen and oxygen atoms in total. The number of hydrogen-bond donors (Lipinski definition) is 1. The van der Waals surface area contributed by atoms with Crippen LogP contribution in [0.25, 0.3) is 0 Å². The van der Waals surface area contributed by atoms with Crippen LogP contribution in [0.5, 0.6) is 0 Å². The van der Waals surface area contributed by atoms with Crippen molar-refractivity contribution in [3.8, 4) is 0 Å². The SMILES string of the molecule is CC[C@@H](N)C(=O)N(Cc1cccnc1)C(C)C. The van der Waals surface area contributed by atoms with Gasteiger partial charge in [0.05, 0.1) is 6.04 Å². The molecule has 0 saturated carbocycles.